The van der Waals surface area contributed by atoms with Crippen molar-refractivity contribution in [1.29, 1.82) is 0 Å². The van der Waals surface area contributed by atoms with Gasteiger partial charge in [0, 0.05) is 22.9 Å². The predicted octanol–water partition coefficient (Wildman–Crippen LogP) is 4.74. The number of fused-ring (bicyclic) bond motifs is 1. The Morgan fingerprint density at radius 1 is 1.33 bits per heavy atom. The fraction of sp³-hybridized carbons (Fsp3) is 0.474. The summed E-state index contributed by atoms with van der Waals surface area (Å²) in [5.74, 6) is 1.56. The Labute approximate surface area is 127 Å². The van der Waals surface area contributed by atoms with Crippen molar-refractivity contribution in [3.8, 4) is 0 Å². The molecule has 1 aromatic carbocycles. The summed E-state index contributed by atoms with van der Waals surface area (Å²) in [6, 6.07) is 8.56. The summed E-state index contributed by atoms with van der Waals surface area (Å²) in [4.78, 5) is 0. The van der Waals surface area contributed by atoms with Crippen molar-refractivity contribution in [3.63, 3.8) is 0 Å². The summed E-state index contributed by atoms with van der Waals surface area (Å²) < 4.78 is 6.19. The first kappa shape index (κ1) is 14.4. The Kier molecular flexibility index (Phi) is 3.66. The molecule has 3 rings (SSSR count). The van der Waals surface area contributed by atoms with Crippen LogP contribution < -0.4 is 5.32 Å². The molecule has 1 aliphatic rings. The van der Waals surface area contributed by atoms with E-state index in [1.165, 1.54) is 29.4 Å². The minimum atomic E-state index is 0.0318. The molecule has 0 radical (unpaired) electrons. The quantitative estimate of drug-likeness (QED) is 0.861. The van der Waals surface area contributed by atoms with Crippen LogP contribution in [0.4, 0.5) is 0 Å². The van der Waals surface area contributed by atoms with Gasteiger partial charge in [-0.2, -0.15) is 0 Å². The van der Waals surface area contributed by atoms with Gasteiger partial charge in [0.05, 0.1) is 0 Å². The van der Waals surface area contributed by atoms with Crippen LogP contribution in [0.2, 0.25) is 0 Å². The molecule has 2 heterocycles. The Hall–Kier alpha value is -1.54. The highest BCUT2D eigenvalue weighted by molar-refractivity contribution is 5.90. The summed E-state index contributed by atoms with van der Waals surface area (Å²) in [7, 11) is 0. The van der Waals surface area contributed by atoms with Gasteiger partial charge in [-0.15, -0.1) is 0 Å². The van der Waals surface area contributed by atoms with Crippen molar-refractivity contribution < 1.29 is 4.42 Å². The molecule has 2 aromatic rings. The van der Waals surface area contributed by atoms with Crippen molar-refractivity contribution in [2.45, 2.75) is 39.0 Å². The Bertz CT molecular complexity index is 654. The molecule has 0 saturated carbocycles. The van der Waals surface area contributed by atoms with Gasteiger partial charge in [0.2, 0.25) is 0 Å². The normalized spacial score (nSPS) is 19.9. The van der Waals surface area contributed by atoms with E-state index in [1.54, 1.807) is 0 Å². The van der Waals surface area contributed by atoms with E-state index in [0.717, 1.165) is 24.4 Å². The highest BCUT2D eigenvalue weighted by Gasteiger charge is 2.23. The van der Waals surface area contributed by atoms with Crippen LogP contribution in [0.3, 0.4) is 0 Å². The smallest absolute Gasteiger partial charge is 0.141 e. The molecule has 0 amide bonds. The van der Waals surface area contributed by atoms with Crippen LogP contribution in [0, 0.1) is 5.92 Å². The number of furan rings is 1. The van der Waals surface area contributed by atoms with Crippen LogP contribution in [-0.2, 0) is 5.41 Å². The maximum Gasteiger partial charge on any atom is 0.141 e. The lowest BCUT2D eigenvalue weighted by atomic mass is 9.87. The fourth-order valence-corrected chi connectivity index (χ4v) is 3.05. The number of para-hydroxylation sites is 1. The first-order chi connectivity index (χ1) is 9.97. The van der Waals surface area contributed by atoms with Crippen LogP contribution in [0.1, 0.15) is 44.9 Å². The molecule has 21 heavy (non-hydrogen) atoms. The maximum absolute atomic E-state index is 6.19. The molecular formula is C19H25NO. The summed E-state index contributed by atoms with van der Waals surface area (Å²) in [5.41, 5.74) is 3.42. The molecule has 1 aliphatic heterocycles. The number of nitrogens with one attached hydrogen (secondary N) is 1. The van der Waals surface area contributed by atoms with Gasteiger partial charge < -0.3 is 9.73 Å². The molecule has 2 heteroatoms. The summed E-state index contributed by atoms with van der Waals surface area (Å²) in [6.45, 7) is 13.1. The Morgan fingerprint density at radius 2 is 2.14 bits per heavy atom. The van der Waals surface area contributed by atoms with Crippen molar-refractivity contribution in [2.24, 2.45) is 5.92 Å². The van der Waals surface area contributed by atoms with Crippen LogP contribution in [0.15, 0.2) is 35.3 Å². The van der Waals surface area contributed by atoms with Crippen LogP contribution in [-0.4, -0.2) is 13.1 Å². The standard InChI is InChI=1S/C19H25NO/c1-13(15-8-6-10-20-12-15)16-9-5-7-14-11-17(19(2,3)4)21-18(14)16/h5,7,9,11,15,20H,1,6,8,10,12H2,2-4H3. The van der Waals surface area contributed by atoms with Crippen molar-refractivity contribution in [1.82, 2.24) is 5.32 Å². The topological polar surface area (TPSA) is 25.2 Å². The number of rotatable bonds is 2. The van der Waals surface area contributed by atoms with Crippen LogP contribution in [0.25, 0.3) is 16.5 Å². The molecule has 0 aliphatic carbocycles. The third-order valence-electron chi connectivity index (χ3n) is 4.42. The average molecular weight is 283 g/mol. The van der Waals surface area contributed by atoms with E-state index < -0.39 is 0 Å². The first-order valence-corrected chi connectivity index (χ1v) is 7.90. The van der Waals surface area contributed by atoms with Crippen LogP contribution >= 0.6 is 0 Å². The molecular weight excluding hydrogens is 258 g/mol. The maximum atomic E-state index is 6.19. The van der Waals surface area contributed by atoms with Crippen molar-refractivity contribution >= 4 is 16.5 Å². The van der Waals surface area contributed by atoms with Crippen molar-refractivity contribution in [3.05, 3.63) is 42.2 Å². The van der Waals surface area contributed by atoms with E-state index in [0.29, 0.717) is 5.92 Å². The Balaban J connectivity index is 2.02. The van der Waals surface area contributed by atoms with Gasteiger partial charge in [0.15, 0.2) is 0 Å². The Morgan fingerprint density at radius 3 is 2.81 bits per heavy atom. The minimum absolute atomic E-state index is 0.0318. The largest absolute Gasteiger partial charge is 0.460 e. The first-order valence-electron chi connectivity index (χ1n) is 7.90. The van der Waals surface area contributed by atoms with E-state index in [2.05, 4.69) is 56.9 Å². The average Bonchev–Trinajstić information content (AvgIpc) is 2.91. The molecule has 112 valence electrons. The second-order valence-electron chi connectivity index (χ2n) is 7.15. The van der Waals surface area contributed by atoms with Gasteiger partial charge >= 0.3 is 0 Å². The zero-order valence-electron chi connectivity index (χ0n) is 13.3. The van der Waals surface area contributed by atoms with E-state index >= 15 is 0 Å². The molecule has 0 bridgehead atoms. The molecule has 1 N–H and O–H groups in total. The number of hydrogen-bond acceptors (Lipinski definition) is 2. The second kappa shape index (κ2) is 5.34. The van der Waals surface area contributed by atoms with E-state index in [-0.39, 0.29) is 5.41 Å². The van der Waals surface area contributed by atoms with Gasteiger partial charge in [-0.25, -0.2) is 0 Å². The summed E-state index contributed by atoms with van der Waals surface area (Å²) >= 11 is 0. The molecule has 1 unspecified atom stereocenters. The minimum Gasteiger partial charge on any atom is -0.460 e. The summed E-state index contributed by atoms with van der Waals surface area (Å²) in [6.07, 6.45) is 2.44. The van der Waals surface area contributed by atoms with Gasteiger partial charge in [0.1, 0.15) is 11.3 Å². The molecule has 1 aromatic heterocycles. The lowest BCUT2D eigenvalue weighted by Crippen LogP contribution is -2.30. The highest BCUT2D eigenvalue weighted by atomic mass is 16.3. The zero-order valence-corrected chi connectivity index (χ0v) is 13.3. The molecule has 2 nitrogen and oxygen atoms in total. The number of hydrogen-bond donors (Lipinski definition) is 1. The monoisotopic (exact) mass is 283 g/mol. The fourth-order valence-electron chi connectivity index (χ4n) is 3.05. The van der Waals surface area contributed by atoms with Gasteiger partial charge in [0.25, 0.3) is 0 Å². The van der Waals surface area contributed by atoms with E-state index in [4.69, 9.17) is 4.42 Å². The molecule has 1 saturated heterocycles. The van der Waals surface area contributed by atoms with Crippen molar-refractivity contribution in [2.75, 3.05) is 13.1 Å². The lowest BCUT2D eigenvalue weighted by molar-refractivity contribution is 0.428. The van der Waals surface area contributed by atoms with Gasteiger partial charge in [-0.1, -0.05) is 45.5 Å². The van der Waals surface area contributed by atoms with E-state index in [1.807, 2.05) is 0 Å². The number of benzene rings is 1. The van der Waals surface area contributed by atoms with Crippen LogP contribution in [0.5, 0.6) is 0 Å². The second-order valence-corrected chi connectivity index (χ2v) is 7.15. The summed E-state index contributed by atoms with van der Waals surface area (Å²) in [5, 5.41) is 4.65. The predicted molar refractivity (Wildman–Crippen MR) is 89.5 cm³/mol. The van der Waals surface area contributed by atoms with Gasteiger partial charge in [-0.05, 0) is 36.9 Å². The molecule has 1 fully saturated rings. The third-order valence-corrected chi connectivity index (χ3v) is 4.42. The van der Waals surface area contributed by atoms with Gasteiger partial charge in [-0.3, -0.25) is 0 Å². The molecule has 0 spiro atoms. The number of piperidine rings is 1. The van der Waals surface area contributed by atoms with E-state index in [9.17, 15) is 0 Å². The highest BCUT2D eigenvalue weighted by Crippen LogP contribution is 2.36. The SMILES string of the molecule is C=C(c1cccc2cc(C(C)(C)C)oc12)C1CCCNC1. The zero-order chi connectivity index (χ0) is 15.0. The molecule has 1 atom stereocenters. The lowest BCUT2D eigenvalue weighted by Gasteiger charge is -2.25. The third kappa shape index (κ3) is 2.77.